The van der Waals surface area contributed by atoms with Gasteiger partial charge in [-0.15, -0.1) is 0 Å². The number of amides is 1. The second kappa shape index (κ2) is 11.6. The van der Waals surface area contributed by atoms with Gasteiger partial charge in [0.05, 0.1) is 18.0 Å². The summed E-state index contributed by atoms with van der Waals surface area (Å²) in [6.45, 7) is 7.60. The highest BCUT2D eigenvalue weighted by Crippen LogP contribution is 2.28. The van der Waals surface area contributed by atoms with Crippen molar-refractivity contribution in [2.24, 2.45) is 5.92 Å². The first-order chi connectivity index (χ1) is 17.3. The number of carbonyl (C=O) groups is 1. The normalized spacial score (nSPS) is 18.2. The van der Waals surface area contributed by atoms with Crippen LogP contribution < -0.4 is 15.0 Å². The molecule has 1 atom stereocenters. The van der Waals surface area contributed by atoms with Gasteiger partial charge in [0.2, 0.25) is 15.9 Å². The summed E-state index contributed by atoms with van der Waals surface area (Å²) < 4.78 is 32.9. The van der Waals surface area contributed by atoms with Crippen molar-refractivity contribution in [1.82, 2.24) is 9.62 Å². The van der Waals surface area contributed by atoms with Gasteiger partial charge in [0, 0.05) is 38.3 Å². The molecule has 0 spiro atoms. The van der Waals surface area contributed by atoms with Gasteiger partial charge in [0.15, 0.2) is 0 Å². The van der Waals surface area contributed by atoms with E-state index in [1.54, 1.807) is 25.3 Å². The highest BCUT2D eigenvalue weighted by Gasteiger charge is 2.28. The Morgan fingerprint density at radius 2 is 1.72 bits per heavy atom. The molecule has 2 saturated heterocycles. The summed E-state index contributed by atoms with van der Waals surface area (Å²) in [6, 6.07) is 13.3. The Labute approximate surface area is 215 Å². The molecule has 2 aliphatic rings. The molecule has 0 aromatic heterocycles. The summed E-state index contributed by atoms with van der Waals surface area (Å²) >= 11 is 0. The lowest BCUT2D eigenvalue weighted by Gasteiger charge is -2.32. The van der Waals surface area contributed by atoms with Crippen LogP contribution in [0.5, 0.6) is 5.75 Å². The van der Waals surface area contributed by atoms with Crippen molar-refractivity contribution in [1.29, 1.82) is 0 Å². The second-order valence-electron chi connectivity index (χ2n) is 10.1. The Morgan fingerprint density at radius 1 is 1.06 bits per heavy atom. The lowest BCUT2D eigenvalue weighted by molar-refractivity contribution is -0.121. The van der Waals surface area contributed by atoms with E-state index in [1.807, 2.05) is 6.92 Å². The summed E-state index contributed by atoms with van der Waals surface area (Å²) in [7, 11) is -1.96. The van der Waals surface area contributed by atoms with E-state index < -0.39 is 10.0 Å². The summed E-state index contributed by atoms with van der Waals surface area (Å²) in [4.78, 5) is 15.4. The summed E-state index contributed by atoms with van der Waals surface area (Å²) in [5.41, 5.74) is 3.02. The first kappa shape index (κ1) is 26.5. The number of nitrogens with zero attached hydrogens (tertiary/aromatic N) is 2. The van der Waals surface area contributed by atoms with E-state index in [4.69, 9.17) is 4.74 Å². The van der Waals surface area contributed by atoms with Crippen LogP contribution in [0.2, 0.25) is 0 Å². The molecule has 196 valence electrons. The fourth-order valence-corrected chi connectivity index (χ4v) is 6.64. The lowest BCUT2D eigenvalue weighted by Crippen LogP contribution is -2.32. The monoisotopic (exact) mass is 513 g/mol. The number of aryl methyl sites for hydroxylation is 1. The Balaban J connectivity index is 1.35. The third kappa shape index (κ3) is 6.21. The molecule has 2 aromatic rings. The van der Waals surface area contributed by atoms with Crippen LogP contribution >= 0.6 is 0 Å². The van der Waals surface area contributed by atoms with Crippen LogP contribution in [0.25, 0.3) is 0 Å². The number of benzene rings is 2. The number of rotatable bonds is 9. The van der Waals surface area contributed by atoms with Gasteiger partial charge in [0.1, 0.15) is 5.75 Å². The molecule has 2 fully saturated rings. The first-order valence-electron chi connectivity index (χ1n) is 13.1. The van der Waals surface area contributed by atoms with Gasteiger partial charge in [-0.3, -0.25) is 4.79 Å². The van der Waals surface area contributed by atoms with E-state index in [-0.39, 0.29) is 23.3 Å². The Bertz CT molecular complexity index is 1140. The van der Waals surface area contributed by atoms with Gasteiger partial charge in [0.25, 0.3) is 0 Å². The fraction of sp³-hybridized carbons (Fsp3) is 0.536. The van der Waals surface area contributed by atoms with Gasteiger partial charge in [-0.05, 0) is 86.4 Å². The van der Waals surface area contributed by atoms with E-state index in [2.05, 4.69) is 41.4 Å². The number of anilines is 1. The number of nitrogens with one attached hydrogen (secondary N) is 1. The maximum atomic E-state index is 13.0. The number of carbonyl (C=O) groups excluding carboxylic acids is 1. The molecule has 2 aliphatic heterocycles. The molecule has 8 heteroatoms. The maximum absolute atomic E-state index is 13.0. The van der Waals surface area contributed by atoms with E-state index in [1.165, 1.54) is 22.8 Å². The van der Waals surface area contributed by atoms with Gasteiger partial charge in [-0.2, -0.15) is 4.31 Å². The molecule has 1 N–H and O–H groups in total. The third-order valence-corrected chi connectivity index (χ3v) is 9.39. The number of sulfonamides is 1. The van der Waals surface area contributed by atoms with Crippen molar-refractivity contribution < 1.29 is 17.9 Å². The number of hydrogen-bond donors (Lipinski definition) is 1. The zero-order valence-electron chi connectivity index (χ0n) is 21.7. The molecule has 0 bridgehead atoms. The van der Waals surface area contributed by atoms with E-state index >= 15 is 0 Å². The molecule has 2 heterocycles. The van der Waals surface area contributed by atoms with Gasteiger partial charge in [-0.1, -0.05) is 19.1 Å². The number of ether oxygens (including phenoxy) is 1. The van der Waals surface area contributed by atoms with Crippen molar-refractivity contribution in [2.45, 2.75) is 63.3 Å². The van der Waals surface area contributed by atoms with Crippen LogP contribution in [0, 0.1) is 5.92 Å². The number of piperidine rings is 1. The highest BCUT2D eigenvalue weighted by molar-refractivity contribution is 7.89. The van der Waals surface area contributed by atoms with Crippen LogP contribution in [0.3, 0.4) is 0 Å². The predicted molar refractivity (Wildman–Crippen MR) is 143 cm³/mol. The zero-order chi connectivity index (χ0) is 25.7. The topological polar surface area (TPSA) is 79.0 Å². The first-order valence-corrected chi connectivity index (χ1v) is 14.5. The van der Waals surface area contributed by atoms with Gasteiger partial charge >= 0.3 is 0 Å². The SMILES string of the molecule is COc1ccc(S(=O)(=O)N2CCCC2)cc1CCC(=O)NC(C)c1ccc(N2CCC(C)CC2)cc1. The molecule has 36 heavy (non-hydrogen) atoms. The van der Waals surface area contributed by atoms with Crippen LogP contribution in [0.4, 0.5) is 5.69 Å². The average Bonchev–Trinajstić information content (AvgIpc) is 3.44. The van der Waals surface area contributed by atoms with Crippen LogP contribution in [0.15, 0.2) is 47.4 Å². The summed E-state index contributed by atoms with van der Waals surface area (Å²) in [5.74, 6) is 1.32. The van der Waals surface area contributed by atoms with E-state index in [0.29, 0.717) is 25.3 Å². The largest absolute Gasteiger partial charge is 0.496 e. The smallest absolute Gasteiger partial charge is 0.243 e. The Morgan fingerprint density at radius 3 is 2.36 bits per heavy atom. The van der Waals surface area contributed by atoms with Gasteiger partial charge < -0.3 is 15.0 Å². The molecular weight excluding hydrogens is 474 g/mol. The van der Waals surface area contributed by atoms with Crippen molar-refractivity contribution in [3.8, 4) is 5.75 Å². The molecule has 1 unspecified atom stereocenters. The fourth-order valence-electron chi connectivity index (χ4n) is 5.07. The standard InChI is InChI=1S/C28H39N3O4S/c1-21-14-18-30(19-15-21)25-9-6-23(7-10-25)22(2)29-28(32)13-8-24-20-26(11-12-27(24)35-3)36(33,34)31-16-4-5-17-31/h6-7,9-12,20-22H,4-5,8,13-19H2,1-3H3,(H,29,32). The quantitative estimate of drug-likeness (QED) is 0.533. The van der Waals surface area contributed by atoms with E-state index in [0.717, 1.165) is 43.0 Å². The highest BCUT2D eigenvalue weighted by atomic mass is 32.2. The second-order valence-corrected chi connectivity index (χ2v) is 12.1. The molecule has 1 amide bonds. The van der Waals surface area contributed by atoms with Crippen molar-refractivity contribution in [3.05, 3.63) is 53.6 Å². The maximum Gasteiger partial charge on any atom is 0.243 e. The van der Waals surface area contributed by atoms with Crippen molar-refractivity contribution in [2.75, 3.05) is 38.2 Å². The summed E-state index contributed by atoms with van der Waals surface area (Å²) in [6.07, 6.45) is 4.88. The van der Waals surface area contributed by atoms with Crippen LogP contribution in [0.1, 0.15) is 63.1 Å². The molecule has 4 rings (SSSR count). The van der Waals surface area contributed by atoms with E-state index in [9.17, 15) is 13.2 Å². The zero-order valence-corrected chi connectivity index (χ0v) is 22.5. The summed E-state index contributed by atoms with van der Waals surface area (Å²) in [5, 5.41) is 3.08. The van der Waals surface area contributed by atoms with Crippen molar-refractivity contribution >= 4 is 21.6 Å². The van der Waals surface area contributed by atoms with Crippen molar-refractivity contribution in [3.63, 3.8) is 0 Å². The molecule has 7 nitrogen and oxygen atoms in total. The van der Waals surface area contributed by atoms with Gasteiger partial charge in [-0.25, -0.2) is 8.42 Å². The minimum atomic E-state index is -3.52. The Kier molecular flexibility index (Phi) is 8.57. The Hall–Kier alpha value is -2.58. The molecular formula is C28H39N3O4S. The minimum absolute atomic E-state index is 0.0774. The van der Waals surface area contributed by atoms with Crippen LogP contribution in [-0.4, -0.2) is 51.9 Å². The molecule has 0 saturated carbocycles. The number of hydrogen-bond acceptors (Lipinski definition) is 5. The van der Waals surface area contributed by atoms with Crippen LogP contribution in [-0.2, 0) is 21.2 Å². The molecule has 0 radical (unpaired) electrons. The average molecular weight is 514 g/mol. The molecule has 0 aliphatic carbocycles. The third-order valence-electron chi connectivity index (χ3n) is 7.50. The lowest BCUT2D eigenvalue weighted by atomic mass is 9.98. The minimum Gasteiger partial charge on any atom is -0.496 e. The predicted octanol–water partition coefficient (Wildman–Crippen LogP) is 4.53. The number of methoxy groups -OCH3 is 1. The molecule has 2 aromatic carbocycles.